The zero-order valence-electron chi connectivity index (χ0n) is 13.2. The molecule has 22 heavy (non-hydrogen) atoms. The van der Waals surface area contributed by atoms with Gasteiger partial charge in [-0.05, 0) is 18.6 Å². The Bertz CT molecular complexity index is 613. The van der Waals surface area contributed by atoms with Crippen molar-refractivity contribution in [2.24, 2.45) is 0 Å². The van der Waals surface area contributed by atoms with Gasteiger partial charge in [0.15, 0.2) is 0 Å². The molecule has 1 aliphatic rings. The van der Waals surface area contributed by atoms with Crippen molar-refractivity contribution in [1.82, 2.24) is 4.90 Å². The number of benzene rings is 1. The average Bonchev–Trinajstić information content (AvgIpc) is 2.70. The summed E-state index contributed by atoms with van der Waals surface area (Å²) >= 11 is 0. The molecule has 1 atom stereocenters. The summed E-state index contributed by atoms with van der Waals surface area (Å²) in [5, 5.41) is 0. The largest absolute Gasteiger partial charge is 0.335 e. The maximum Gasteiger partial charge on any atom is 0.237 e. The summed E-state index contributed by atoms with van der Waals surface area (Å²) in [5.41, 5.74) is 0.970. The van der Waals surface area contributed by atoms with Crippen LogP contribution in [0.5, 0.6) is 0 Å². The molecule has 0 radical (unpaired) electrons. The molecule has 0 aliphatic carbocycles. The smallest absolute Gasteiger partial charge is 0.237 e. The molecule has 1 unspecified atom stereocenters. The Morgan fingerprint density at radius 3 is 2.45 bits per heavy atom. The Labute approximate surface area is 131 Å². The van der Waals surface area contributed by atoms with Crippen LogP contribution in [0.25, 0.3) is 0 Å². The van der Waals surface area contributed by atoms with Crippen molar-refractivity contribution in [3.63, 3.8) is 0 Å². The first-order chi connectivity index (χ1) is 10.5. The van der Waals surface area contributed by atoms with Crippen LogP contribution in [0.15, 0.2) is 49.6 Å². The number of rotatable bonds is 6. The average molecular weight is 298 g/mol. The summed E-state index contributed by atoms with van der Waals surface area (Å²) in [4.78, 5) is 28.6. The van der Waals surface area contributed by atoms with E-state index in [0.717, 1.165) is 11.3 Å². The van der Waals surface area contributed by atoms with Gasteiger partial charge in [0, 0.05) is 32.2 Å². The molecule has 2 amide bonds. The monoisotopic (exact) mass is 298 g/mol. The lowest BCUT2D eigenvalue weighted by molar-refractivity contribution is -0.135. The van der Waals surface area contributed by atoms with Gasteiger partial charge >= 0.3 is 0 Å². The molecule has 4 heteroatoms. The Morgan fingerprint density at radius 2 is 1.86 bits per heavy atom. The van der Waals surface area contributed by atoms with Crippen molar-refractivity contribution in [3.8, 4) is 0 Å². The second-order valence-corrected chi connectivity index (χ2v) is 5.77. The number of para-hydroxylation sites is 1. The van der Waals surface area contributed by atoms with E-state index in [2.05, 4.69) is 13.2 Å². The lowest BCUT2D eigenvalue weighted by Crippen LogP contribution is -2.42. The van der Waals surface area contributed by atoms with Crippen LogP contribution in [0.4, 0.5) is 5.69 Å². The maximum absolute atomic E-state index is 12.7. The van der Waals surface area contributed by atoms with E-state index in [1.165, 1.54) is 0 Å². The van der Waals surface area contributed by atoms with E-state index in [-0.39, 0.29) is 18.2 Å². The highest BCUT2D eigenvalue weighted by molar-refractivity contribution is 6.09. The van der Waals surface area contributed by atoms with Crippen LogP contribution in [0.2, 0.25) is 0 Å². The molecule has 0 aromatic heterocycles. The predicted octanol–water partition coefficient (Wildman–Crippen LogP) is 2.51. The van der Waals surface area contributed by atoms with Gasteiger partial charge in [0.2, 0.25) is 11.8 Å². The van der Waals surface area contributed by atoms with Crippen molar-refractivity contribution in [2.45, 2.75) is 18.8 Å². The van der Waals surface area contributed by atoms with Gasteiger partial charge in [-0.2, -0.15) is 0 Å². The second-order valence-electron chi connectivity index (χ2n) is 5.77. The third-order valence-electron chi connectivity index (χ3n) is 4.19. The van der Waals surface area contributed by atoms with Gasteiger partial charge in [-0.25, -0.2) is 0 Å². The number of hydrogen-bond acceptors (Lipinski definition) is 2. The fraction of sp³-hybridized carbons (Fsp3) is 0.333. The molecule has 1 aromatic carbocycles. The van der Waals surface area contributed by atoms with Gasteiger partial charge in [0.1, 0.15) is 0 Å². The summed E-state index contributed by atoms with van der Waals surface area (Å²) in [6, 6.07) is 7.64. The van der Waals surface area contributed by atoms with Crippen LogP contribution in [-0.2, 0) is 15.0 Å². The number of carbonyl (C=O) groups excluding carboxylic acids is 2. The normalized spacial score (nSPS) is 19.7. The minimum Gasteiger partial charge on any atom is -0.335 e. The van der Waals surface area contributed by atoms with Crippen LogP contribution in [-0.4, -0.2) is 36.9 Å². The summed E-state index contributed by atoms with van der Waals surface area (Å²) < 4.78 is 0. The molecule has 116 valence electrons. The molecule has 4 nitrogen and oxygen atoms in total. The van der Waals surface area contributed by atoms with E-state index in [1.807, 2.05) is 31.2 Å². The Kier molecular flexibility index (Phi) is 4.50. The molecule has 1 aliphatic heterocycles. The highest BCUT2D eigenvalue weighted by Gasteiger charge is 2.47. The highest BCUT2D eigenvalue weighted by atomic mass is 16.2. The van der Waals surface area contributed by atoms with Crippen molar-refractivity contribution in [3.05, 3.63) is 55.1 Å². The van der Waals surface area contributed by atoms with Gasteiger partial charge in [-0.15, -0.1) is 13.2 Å². The summed E-state index contributed by atoms with van der Waals surface area (Å²) in [6.07, 6.45) is 3.51. The van der Waals surface area contributed by atoms with Crippen molar-refractivity contribution in [1.29, 1.82) is 0 Å². The minimum atomic E-state index is -0.816. The molecule has 0 spiro atoms. The van der Waals surface area contributed by atoms with Crippen molar-refractivity contribution >= 4 is 17.5 Å². The van der Waals surface area contributed by atoms with Crippen LogP contribution in [0.1, 0.15) is 18.9 Å². The zero-order chi connectivity index (χ0) is 16.3. The number of amides is 2. The lowest BCUT2D eigenvalue weighted by Gasteiger charge is -2.27. The van der Waals surface area contributed by atoms with Crippen LogP contribution < -0.4 is 4.90 Å². The van der Waals surface area contributed by atoms with Crippen LogP contribution in [0, 0.1) is 0 Å². The number of anilines is 1. The number of hydrogen-bond donors (Lipinski definition) is 0. The van der Waals surface area contributed by atoms with E-state index in [0.29, 0.717) is 13.1 Å². The Balaban J connectivity index is 2.31. The molecular weight excluding hydrogens is 276 g/mol. The summed E-state index contributed by atoms with van der Waals surface area (Å²) in [7, 11) is 1.75. The van der Waals surface area contributed by atoms with E-state index in [1.54, 1.807) is 29.0 Å². The number of likely N-dealkylation sites (N-methyl/N-ethyl adjacent to an activating group) is 1. The number of fused-ring (bicyclic) bond motifs is 1. The van der Waals surface area contributed by atoms with Crippen LogP contribution >= 0.6 is 0 Å². The third-order valence-corrected chi connectivity index (χ3v) is 4.19. The third kappa shape index (κ3) is 2.56. The molecule has 2 rings (SSSR count). The Morgan fingerprint density at radius 1 is 1.27 bits per heavy atom. The standard InChI is InChI=1S/C18H22N2O2/c1-5-11-20(12-6-2)16(21)13-18(3)14-9-7-8-10-15(14)19(4)17(18)22/h5-10H,1-2,11-13H2,3-4H3. The zero-order valence-corrected chi connectivity index (χ0v) is 13.2. The van der Waals surface area contributed by atoms with Crippen LogP contribution in [0.3, 0.4) is 0 Å². The molecule has 1 heterocycles. The number of nitrogens with zero attached hydrogens (tertiary/aromatic N) is 2. The SMILES string of the molecule is C=CCN(CC=C)C(=O)CC1(C)C(=O)N(C)c2ccccc21. The fourth-order valence-electron chi connectivity index (χ4n) is 3.00. The molecule has 0 N–H and O–H groups in total. The minimum absolute atomic E-state index is 0.0424. The topological polar surface area (TPSA) is 40.6 Å². The van der Waals surface area contributed by atoms with E-state index < -0.39 is 5.41 Å². The maximum atomic E-state index is 12.7. The highest BCUT2D eigenvalue weighted by Crippen LogP contribution is 2.43. The van der Waals surface area contributed by atoms with Gasteiger partial charge in [-0.1, -0.05) is 30.4 Å². The lowest BCUT2D eigenvalue weighted by atomic mass is 9.80. The molecule has 1 aromatic rings. The van der Waals surface area contributed by atoms with E-state index in [9.17, 15) is 9.59 Å². The molecule has 0 fully saturated rings. The van der Waals surface area contributed by atoms with Gasteiger partial charge < -0.3 is 9.80 Å². The predicted molar refractivity (Wildman–Crippen MR) is 88.8 cm³/mol. The molecular formula is C18H22N2O2. The van der Waals surface area contributed by atoms with Crippen molar-refractivity contribution < 1.29 is 9.59 Å². The Hall–Kier alpha value is -2.36. The number of carbonyl (C=O) groups is 2. The molecule has 0 bridgehead atoms. The first kappa shape index (κ1) is 16.0. The molecule has 0 saturated heterocycles. The second kappa shape index (κ2) is 6.18. The first-order valence-corrected chi connectivity index (χ1v) is 7.33. The van der Waals surface area contributed by atoms with E-state index in [4.69, 9.17) is 0 Å². The fourth-order valence-corrected chi connectivity index (χ4v) is 3.00. The van der Waals surface area contributed by atoms with E-state index >= 15 is 0 Å². The van der Waals surface area contributed by atoms with Gasteiger partial charge in [0.05, 0.1) is 5.41 Å². The summed E-state index contributed by atoms with van der Waals surface area (Å²) in [6.45, 7) is 10.1. The molecule has 0 saturated carbocycles. The van der Waals surface area contributed by atoms with Gasteiger partial charge in [0.25, 0.3) is 0 Å². The van der Waals surface area contributed by atoms with Gasteiger partial charge in [-0.3, -0.25) is 9.59 Å². The van der Waals surface area contributed by atoms with Crippen molar-refractivity contribution in [2.75, 3.05) is 25.0 Å². The quantitative estimate of drug-likeness (QED) is 0.757. The summed E-state index contributed by atoms with van der Waals surface area (Å²) in [5.74, 6) is -0.111. The first-order valence-electron chi connectivity index (χ1n) is 7.33.